The van der Waals surface area contributed by atoms with Crippen molar-refractivity contribution in [1.29, 1.82) is 0 Å². The molecule has 0 aliphatic carbocycles. The first kappa shape index (κ1) is 50.5. The first-order chi connectivity index (χ1) is 26.3. The number of esters is 2. The van der Waals surface area contributed by atoms with E-state index in [4.69, 9.17) is 18.9 Å². The number of allylic oxidation sites excluding steroid dienone is 2. The second-order valence-electron chi connectivity index (χ2n) is 15.5. The number of ether oxygens (including phenoxy) is 4. The largest absolute Gasteiger partial charge is 0.462 e. The predicted octanol–water partition coefficient (Wildman–Crippen LogP) is 9.17. The van der Waals surface area contributed by atoms with E-state index in [1.54, 1.807) is 0 Å². The van der Waals surface area contributed by atoms with Crippen LogP contribution in [0.25, 0.3) is 0 Å². The lowest BCUT2D eigenvalue weighted by Gasteiger charge is -2.39. The van der Waals surface area contributed by atoms with Gasteiger partial charge in [0.25, 0.3) is 0 Å². The molecule has 1 fully saturated rings. The number of rotatable bonds is 37. The fourth-order valence-electron chi connectivity index (χ4n) is 6.83. The minimum Gasteiger partial charge on any atom is -0.462 e. The fourth-order valence-corrected chi connectivity index (χ4v) is 6.83. The number of carbonyl (C=O) groups excluding carboxylic acids is 2. The number of hydrogen-bond acceptors (Lipinski definition) is 10. The van der Waals surface area contributed by atoms with Crippen LogP contribution in [0.4, 0.5) is 0 Å². The lowest BCUT2D eigenvalue weighted by molar-refractivity contribution is -0.305. The van der Waals surface area contributed by atoms with Gasteiger partial charge in [0.2, 0.25) is 0 Å². The van der Waals surface area contributed by atoms with Crippen LogP contribution in [-0.4, -0.2) is 89.0 Å². The molecule has 0 spiro atoms. The van der Waals surface area contributed by atoms with E-state index in [0.717, 1.165) is 57.8 Å². The van der Waals surface area contributed by atoms with E-state index in [0.29, 0.717) is 6.42 Å². The normalized spacial score (nSPS) is 20.7. The smallest absolute Gasteiger partial charge is 0.306 e. The van der Waals surface area contributed by atoms with Gasteiger partial charge < -0.3 is 39.4 Å². The topological polar surface area (TPSA) is 152 Å². The zero-order valence-corrected chi connectivity index (χ0v) is 34.5. The lowest BCUT2D eigenvalue weighted by Crippen LogP contribution is -2.59. The lowest BCUT2D eigenvalue weighted by atomic mass is 9.99. The minimum atomic E-state index is -1.59. The molecule has 54 heavy (non-hydrogen) atoms. The van der Waals surface area contributed by atoms with Crippen LogP contribution < -0.4 is 0 Å². The van der Waals surface area contributed by atoms with Gasteiger partial charge in [0, 0.05) is 12.8 Å². The molecular formula is C44H82O10. The Morgan fingerprint density at radius 3 is 1.46 bits per heavy atom. The second-order valence-corrected chi connectivity index (χ2v) is 15.5. The molecule has 318 valence electrons. The van der Waals surface area contributed by atoms with Crippen LogP contribution >= 0.6 is 0 Å². The van der Waals surface area contributed by atoms with Crippen molar-refractivity contribution >= 4 is 11.9 Å². The van der Waals surface area contributed by atoms with Gasteiger partial charge in [-0.3, -0.25) is 9.59 Å². The molecule has 1 rings (SSSR count). The van der Waals surface area contributed by atoms with Crippen molar-refractivity contribution in [2.75, 3.05) is 19.8 Å². The Labute approximate surface area is 329 Å². The second kappa shape index (κ2) is 35.8. The third kappa shape index (κ3) is 27.1. The van der Waals surface area contributed by atoms with Gasteiger partial charge in [-0.1, -0.05) is 161 Å². The molecule has 0 amide bonds. The maximum Gasteiger partial charge on any atom is 0.306 e. The quantitative estimate of drug-likeness (QED) is 0.0273. The molecule has 0 radical (unpaired) electrons. The summed E-state index contributed by atoms with van der Waals surface area (Å²) in [6.07, 6.45) is 29.3. The van der Waals surface area contributed by atoms with E-state index in [2.05, 4.69) is 26.0 Å². The minimum absolute atomic E-state index is 0.217. The SMILES string of the molecule is CCCCCC/C=C/CCCCCCCC(=O)OC[C@H](CO[C@@H]1O[C@H](CO)[C@H](O)C(O)C1O)OC(=O)CCCCCCCCCCCCCCCCCC. The molecule has 1 saturated heterocycles. The molecule has 0 aromatic carbocycles. The Kier molecular flexibility index (Phi) is 33.5. The van der Waals surface area contributed by atoms with Gasteiger partial charge in [0.05, 0.1) is 13.2 Å². The Balaban J connectivity index is 2.33. The molecule has 1 aliphatic rings. The van der Waals surface area contributed by atoms with E-state index in [9.17, 15) is 30.0 Å². The van der Waals surface area contributed by atoms with E-state index in [1.165, 1.54) is 109 Å². The summed E-state index contributed by atoms with van der Waals surface area (Å²) in [6.45, 7) is 3.41. The molecule has 10 heteroatoms. The summed E-state index contributed by atoms with van der Waals surface area (Å²) >= 11 is 0. The van der Waals surface area contributed by atoms with E-state index in [1.807, 2.05) is 0 Å². The number of unbranched alkanes of at least 4 members (excludes halogenated alkanes) is 24. The standard InChI is InChI=1S/C44H82O10/c1-3-5-7-9-11-13-15-17-18-19-21-23-25-27-29-31-33-40(47)53-37(36-52-44-43(50)42(49)41(48)38(34-45)54-44)35-51-39(46)32-30-28-26-24-22-20-16-14-12-10-8-6-4-2/h14,16,37-38,41-45,48-50H,3-13,15,17-36H2,1-2H3/b16-14+/t37-,38-,41+,42?,43?,44-/m1/s1. The van der Waals surface area contributed by atoms with Crippen molar-refractivity contribution in [3.63, 3.8) is 0 Å². The number of aliphatic hydroxyl groups is 4. The summed E-state index contributed by atoms with van der Waals surface area (Å²) in [7, 11) is 0. The van der Waals surface area contributed by atoms with Crippen molar-refractivity contribution in [1.82, 2.24) is 0 Å². The molecule has 0 saturated carbocycles. The third-order valence-electron chi connectivity index (χ3n) is 10.4. The zero-order chi connectivity index (χ0) is 39.5. The molecular weight excluding hydrogens is 688 g/mol. The molecule has 1 aliphatic heterocycles. The molecule has 10 nitrogen and oxygen atoms in total. The zero-order valence-electron chi connectivity index (χ0n) is 34.5. The Morgan fingerprint density at radius 2 is 0.981 bits per heavy atom. The molecule has 2 unspecified atom stereocenters. The number of aliphatic hydroxyl groups excluding tert-OH is 4. The Morgan fingerprint density at radius 1 is 0.556 bits per heavy atom. The van der Waals surface area contributed by atoms with Crippen molar-refractivity contribution in [2.24, 2.45) is 0 Å². The summed E-state index contributed by atoms with van der Waals surface area (Å²) in [4.78, 5) is 25.3. The molecule has 0 bridgehead atoms. The summed E-state index contributed by atoms with van der Waals surface area (Å²) in [5.41, 5.74) is 0. The van der Waals surface area contributed by atoms with Crippen molar-refractivity contribution in [2.45, 2.75) is 237 Å². The van der Waals surface area contributed by atoms with E-state index in [-0.39, 0.29) is 32.0 Å². The van der Waals surface area contributed by atoms with Crippen LogP contribution in [0.2, 0.25) is 0 Å². The van der Waals surface area contributed by atoms with Gasteiger partial charge in [-0.2, -0.15) is 0 Å². The highest BCUT2D eigenvalue weighted by atomic mass is 16.7. The van der Waals surface area contributed by atoms with E-state index >= 15 is 0 Å². The summed E-state index contributed by atoms with van der Waals surface area (Å²) in [6, 6.07) is 0. The molecule has 0 aromatic heterocycles. The van der Waals surface area contributed by atoms with Crippen molar-refractivity contribution in [3.8, 4) is 0 Å². The summed E-state index contributed by atoms with van der Waals surface area (Å²) in [5, 5.41) is 40.0. The maximum absolute atomic E-state index is 12.8. The van der Waals surface area contributed by atoms with Crippen LogP contribution in [0.3, 0.4) is 0 Å². The molecule has 4 N–H and O–H groups in total. The summed E-state index contributed by atoms with van der Waals surface area (Å²) < 4.78 is 22.1. The highest BCUT2D eigenvalue weighted by Crippen LogP contribution is 2.23. The van der Waals surface area contributed by atoms with Crippen molar-refractivity contribution in [3.05, 3.63) is 12.2 Å². The van der Waals surface area contributed by atoms with Crippen LogP contribution in [0.1, 0.15) is 200 Å². The fraction of sp³-hybridized carbons (Fsp3) is 0.909. The van der Waals surface area contributed by atoms with Crippen LogP contribution in [0.5, 0.6) is 0 Å². The highest BCUT2D eigenvalue weighted by molar-refractivity contribution is 5.70. The summed E-state index contributed by atoms with van der Waals surface area (Å²) in [5.74, 6) is -0.808. The first-order valence-corrected chi connectivity index (χ1v) is 22.3. The highest BCUT2D eigenvalue weighted by Gasteiger charge is 2.44. The Hall–Kier alpha value is -1.56. The third-order valence-corrected chi connectivity index (χ3v) is 10.4. The van der Waals surface area contributed by atoms with E-state index < -0.39 is 49.4 Å². The maximum atomic E-state index is 12.8. The van der Waals surface area contributed by atoms with Gasteiger partial charge in [-0.15, -0.1) is 0 Å². The van der Waals surface area contributed by atoms with Crippen LogP contribution in [0, 0.1) is 0 Å². The van der Waals surface area contributed by atoms with Crippen molar-refractivity contribution < 1.29 is 49.0 Å². The average Bonchev–Trinajstić information content (AvgIpc) is 3.17. The average molecular weight is 771 g/mol. The molecule has 0 aromatic rings. The van der Waals surface area contributed by atoms with Crippen LogP contribution in [0.15, 0.2) is 12.2 Å². The molecule has 6 atom stereocenters. The Bertz CT molecular complexity index is 897. The predicted molar refractivity (Wildman–Crippen MR) is 215 cm³/mol. The first-order valence-electron chi connectivity index (χ1n) is 22.3. The number of carbonyl (C=O) groups is 2. The van der Waals surface area contributed by atoms with Gasteiger partial charge >= 0.3 is 11.9 Å². The molecule has 1 heterocycles. The van der Waals surface area contributed by atoms with Crippen LogP contribution in [-0.2, 0) is 28.5 Å². The van der Waals surface area contributed by atoms with Gasteiger partial charge in [-0.05, 0) is 38.5 Å². The van der Waals surface area contributed by atoms with Gasteiger partial charge in [0.15, 0.2) is 12.4 Å². The monoisotopic (exact) mass is 771 g/mol. The van der Waals surface area contributed by atoms with Gasteiger partial charge in [0.1, 0.15) is 31.0 Å². The van der Waals surface area contributed by atoms with Gasteiger partial charge in [-0.25, -0.2) is 0 Å². The number of hydrogen-bond donors (Lipinski definition) is 4.